The molecule has 0 aliphatic heterocycles. The van der Waals surface area contributed by atoms with Gasteiger partial charge in [-0.2, -0.15) is 0 Å². The highest BCUT2D eigenvalue weighted by molar-refractivity contribution is 7.09. The SMILES string of the molecule is CCC(C)(CCO)NC(=O)NC(C)c1nc(C)cs1. The van der Waals surface area contributed by atoms with Crippen LogP contribution in [-0.2, 0) is 0 Å². The van der Waals surface area contributed by atoms with Crippen molar-refractivity contribution in [3.05, 3.63) is 16.1 Å². The number of hydrogen-bond donors (Lipinski definition) is 3. The van der Waals surface area contributed by atoms with E-state index < -0.39 is 0 Å². The molecule has 0 bridgehead atoms. The standard InChI is InChI=1S/C13H23N3O2S/c1-5-13(4,6-7-17)16-12(18)15-10(3)11-14-9(2)8-19-11/h8,10,17H,5-7H2,1-4H3,(H2,15,16,18). The summed E-state index contributed by atoms with van der Waals surface area (Å²) in [7, 11) is 0. The second kappa shape index (κ2) is 6.86. The van der Waals surface area contributed by atoms with Crippen LogP contribution in [0.5, 0.6) is 0 Å². The molecule has 2 amide bonds. The smallest absolute Gasteiger partial charge is 0.315 e. The number of aliphatic hydroxyl groups excluding tert-OH is 1. The summed E-state index contributed by atoms with van der Waals surface area (Å²) in [5.41, 5.74) is 0.588. The first kappa shape index (κ1) is 15.9. The zero-order valence-corrected chi connectivity index (χ0v) is 12.8. The first-order chi connectivity index (χ1) is 8.90. The Morgan fingerprint density at radius 3 is 2.79 bits per heavy atom. The molecule has 1 heterocycles. The summed E-state index contributed by atoms with van der Waals surface area (Å²) < 4.78 is 0. The van der Waals surface area contributed by atoms with Gasteiger partial charge < -0.3 is 15.7 Å². The Hall–Kier alpha value is -1.14. The van der Waals surface area contributed by atoms with E-state index in [2.05, 4.69) is 15.6 Å². The van der Waals surface area contributed by atoms with Crippen molar-refractivity contribution in [1.29, 1.82) is 0 Å². The van der Waals surface area contributed by atoms with Crippen LogP contribution in [0, 0.1) is 6.92 Å². The van der Waals surface area contributed by atoms with Gasteiger partial charge in [-0.05, 0) is 33.6 Å². The van der Waals surface area contributed by atoms with E-state index in [1.165, 1.54) is 0 Å². The maximum Gasteiger partial charge on any atom is 0.315 e. The number of urea groups is 1. The van der Waals surface area contributed by atoms with Crippen LogP contribution in [0.25, 0.3) is 0 Å². The highest BCUT2D eigenvalue weighted by atomic mass is 32.1. The van der Waals surface area contributed by atoms with Gasteiger partial charge >= 0.3 is 6.03 Å². The van der Waals surface area contributed by atoms with Gasteiger partial charge in [0.05, 0.1) is 6.04 Å². The number of hydrogen-bond acceptors (Lipinski definition) is 4. The van der Waals surface area contributed by atoms with Gasteiger partial charge in [0.1, 0.15) is 5.01 Å². The summed E-state index contributed by atoms with van der Waals surface area (Å²) in [5, 5.41) is 17.7. The van der Waals surface area contributed by atoms with Crippen molar-refractivity contribution in [2.24, 2.45) is 0 Å². The third-order valence-electron chi connectivity index (χ3n) is 3.21. The molecule has 19 heavy (non-hydrogen) atoms. The number of nitrogens with one attached hydrogen (secondary N) is 2. The zero-order chi connectivity index (χ0) is 14.5. The number of carbonyl (C=O) groups is 1. The summed E-state index contributed by atoms with van der Waals surface area (Å²) in [6.07, 6.45) is 1.31. The fourth-order valence-corrected chi connectivity index (χ4v) is 2.52. The lowest BCUT2D eigenvalue weighted by Crippen LogP contribution is -2.50. The van der Waals surface area contributed by atoms with E-state index in [9.17, 15) is 4.79 Å². The molecule has 0 saturated carbocycles. The summed E-state index contributed by atoms with van der Waals surface area (Å²) in [6.45, 7) is 7.83. The molecule has 1 aromatic rings. The van der Waals surface area contributed by atoms with Gasteiger partial charge in [-0.3, -0.25) is 0 Å². The fraction of sp³-hybridized carbons (Fsp3) is 0.692. The topological polar surface area (TPSA) is 74.2 Å². The highest BCUT2D eigenvalue weighted by Crippen LogP contribution is 2.18. The molecule has 1 aromatic heterocycles. The van der Waals surface area contributed by atoms with E-state index in [1.807, 2.05) is 33.1 Å². The number of rotatable bonds is 6. The molecule has 6 heteroatoms. The van der Waals surface area contributed by atoms with E-state index >= 15 is 0 Å². The van der Waals surface area contributed by atoms with Crippen molar-refractivity contribution < 1.29 is 9.90 Å². The molecule has 0 aromatic carbocycles. The van der Waals surface area contributed by atoms with Crippen molar-refractivity contribution in [1.82, 2.24) is 15.6 Å². The molecule has 0 saturated heterocycles. The third-order valence-corrected chi connectivity index (χ3v) is 4.36. The fourth-order valence-electron chi connectivity index (χ4n) is 1.71. The van der Waals surface area contributed by atoms with Crippen LogP contribution < -0.4 is 10.6 Å². The molecule has 2 atom stereocenters. The number of carbonyl (C=O) groups excluding carboxylic acids is 1. The number of thiazole rings is 1. The molecule has 1 rings (SSSR count). The molecule has 108 valence electrons. The Labute approximate surface area is 118 Å². The molecule has 3 N–H and O–H groups in total. The monoisotopic (exact) mass is 285 g/mol. The van der Waals surface area contributed by atoms with Crippen molar-refractivity contribution in [3.63, 3.8) is 0 Å². The minimum atomic E-state index is -0.378. The number of aromatic nitrogens is 1. The molecule has 0 fully saturated rings. The molecule has 5 nitrogen and oxygen atoms in total. The van der Waals surface area contributed by atoms with Crippen LogP contribution in [0.2, 0.25) is 0 Å². The molecule has 0 aliphatic rings. The first-order valence-electron chi connectivity index (χ1n) is 6.51. The minimum Gasteiger partial charge on any atom is -0.396 e. The minimum absolute atomic E-state index is 0.0614. The van der Waals surface area contributed by atoms with Crippen molar-refractivity contribution >= 4 is 17.4 Å². The number of nitrogens with zero attached hydrogens (tertiary/aromatic N) is 1. The normalized spacial score (nSPS) is 15.6. The van der Waals surface area contributed by atoms with Gasteiger partial charge in [0.2, 0.25) is 0 Å². The zero-order valence-electron chi connectivity index (χ0n) is 12.0. The summed E-state index contributed by atoms with van der Waals surface area (Å²) in [4.78, 5) is 16.3. The van der Waals surface area contributed by atoms with Gasteiger partial charge in [0, 0.05) is 23.2 Å². The molecular formula is C13H23N3O2S. The van der Waals surface area contributed by atoms with E-state index in [1.54, 1.807) is 11.3 Å². The average Bonchev–Trinajstić information content (AvgIpc) is 2.76. The van der Waals surface area contributed by atoms with Crippen molar-refractivity contribution in [2.75, 3.05) is 6.61 Å². The number of amides is 2. The van der Waals surface area contributed by atoms with E-state index in [0.717, 1.165) is 17.1 Å². The predicted octanol–water partition coefficient (Wildman–Crippen LogP) is 2.36. The maximum atomic E-state index is 12.0. The Kier molecular flexibility index (Phi) is 5.75. The molecule has 0 radical (unpaired) electrons. The Morgan fingerprint density at radius 1 is 1.63 bits per heavy atom. The van der Waals surface area contributed by atoms with E-state index in [4.69, 9.17) is 5.11 Å². The van der Waals surface area contributed by atoms with Crippen molar-refractivity contribution in [3.8, 4) is 0 Å². The molecule has 2 unspecified atom stereocenters. The summed E-state index contributed by atoms with van der Waals surface area (Å²) in [6, 6.07) is -0.341. The second-order valence-electron chi connectivity index (χ2n) is 5.04. The average molecular weight is 285 g/mol. The van der Waals surface area contributed by atoms with Crippen LogP contribution in [-0.4, -0.2) is 28.3 Å². The number of aryl methyl sites for hydroxylation is 1. The quantitative estimate of drug-likeness (QED) is 0.751. The third kappa shape index (κ3) is 4.80. The largest absolute Gasteiger partial charge is 0.396 e. The van der Waals surface area contributed by atoms with Gasteiger partial charge in [-0.15, -0.1) is 11.3 Å². The van der Waals surface area contributed by atoms with Gasteiger partial charge in [-0.25, -0.2) is 9.78 Å². The lowest BCUT2D eigenvalue weighted by atomic mass is 9.95. The molecular weight excluding hydrogens is 262 g/mol. The van der Waals surface area contributed by atoms with E-state index in [-0.39, 0.29) is 24.2 Å². The second-order valence-corrected chi connectivity index (χ2v) is 5.92. The number of aliphatic hydroxyl groups is 1. The molecule has 0 aliphatic carbocycles. The van der Waals surface area contributed by atoms with Gasteiger partial charge in [0.25, 0.3) is 0 Å². The van der Waals surface area contributed by atoms with Gasteiger partial charge in [0.15, 0.2) is 0 Å². The van der Waals surface area contributed by atoms with Crippen LogP contribution >= 0.6 is 11.3 Å². The first-order valence-corrected chi connectivity index (χ1v) is 7.39. The van der Waals surface area contributed by atoms with E-state index in [0.29, 0.717) is 6.42 Å². The lowest BCUT2D eigenvalue weighted by molar-refractivity contribution is 0.199. The van der Waals surface area contributed by atoms with Crippen molar-refractivity contribution in [2.45, 2.75) is 52.1 Å². The summed E-state index contributed by atoms with van der Waals surface area (Å²) in [5.74, 6) is 0. The van der Waals surface area contributed by atoms with Gasteiger partial charge in [-0.1, -0.05) is 6.92 Å². The Bertz CT molecular complexity index is 422. The van der Waals surface area contributed by atoms with Crippen LogP contribution in [0.15, 0.2) is 5.38 Å². The Morgan fingerprint density at radius 2 is 2.32 bits per heavy atom. The molecule has 0 spiro atoms. The Balaban J connectivity index is 2.55. The highest BCUT2D eigenvalue weighted by Gasteiger charge is 2.24. The van der Waals surface area contributed by atoms with Crippen LogP contribution in [0.1, 0.15) is 50.4 Å². The summed E-state index contributed by atoms with van der Waals surface area (Å²) >= 11 is 1.54. The predicted molar refractivity (Wildman–Crippen MR) is 77.3 cm³/mol. The van der Waals surface area contributed by atoms with Crippen LogP contribution in [0.4, 0.5) is 4.79 Å². The maximum absolute atomic E-state index is 12.0. The van der Waals surface area contributed by atoms with Crippen LogP contribution in [0.3, 0.4) is 0 Å². The lowest BCUT2D eigenvalue weighted by Gasteiger charge is -2.29.